The molecule has 0 spiro atoms. The number of amides is 1. The van der Waals surface area contributed by atoms with Gasteiger partial charge in [0.05, 0.1) is 26.7 Å². The summed E-state index contributed by atoms with van der Waals surface area (Å²) in [6.07, 6.45) is 2.22. The van der Waals surface area contributed by atoms with Crippen LogP contribution in [0.25, 0.3) is 0 Å². The van der Waals surface area contributed by atoms with Gasteiger partial charge in [-0.2, -0.15) is 4.55 Å². The van der Waals surface area contributed by atoms with Crippen LogP contribution >= 0.6 is 23.5 Å². The fraction of sp³-hybridized carbons (Fsp3) is 0.750. The topological polar surface area (TPSA) is 93.1 Å². The first-order chi connectivity index (χ1) is 14.3. The number of carbonyl (C=O) groups excluding carboxylic acids is 3. The number of thioether (sulfide) groups is 2. The van der Waals surface area contributed by atoms with Gasteiger partial charge in [0.25, 0.3) is 0 Å². The fourth-order valence-electron chi connectivity index (χ4n) is 3.84. The minimum atomic E-state index is -0.638. The maximum atomic E-state index is 12.9. The van der Waals surface area contributed by atoms with Crippen LogP contribution in [0.1, 0.15) is 47.0 Å². The summed E-state index contributed by atoms with van der Waals surface area (Å²) in [6.45, 7) is 7.38. The summed E-state index contributed by atoms with van der Waals surface area (Å²) in [5.41, 5.74) is 0.264. The van der Waals surface area contributed by atoms with E-state index < -0.39 is 23.9 Å². The van der Waals surface area contributed by atoms with Crippen LogP contribution in [0, 0.1) is 17.8 Å². The lowest BCUT2D eigenvalue weighted by molar-refractivity contribution is -0.171. The third kappa shape index (κ3) is 4.81. The molecule has 7 nitrogen and oxygen atoms in total. The van der Waals surface area contributed by atoms with Gasteiger partial charge in [-0.05, 0) is 18.8 Å². The predicted octanol–water partition coefficient (Wildman–Crippen LogP) is 3.42. The zero-order valence-electron chi connectivity index (χ0n) is 17.8. The smallest absolute Gasteiger partial charge is 0.359 e. The maximum absolute atomic E-state index is 12.9. The van der Waals surface area contributed by atoms with Crippen LogP contribution in [0.4, 0.5) is 0 Å². The third-order valence-corrected chi connectivity index (χ3v) is 10.3. The summed E-state index contributed by atoms with van der Waals surface area (Å²) in [7, 11) is 0. The standard InChI is InChI=1S/C20H30NO6S3/c1-5-12(6-2)18(23)26-10-27-19(24)15-20(28-13-7-8-30(25)9-13)29-17-14(11(3)4)16(22)21(15)17/h11-14,17,25H,5-10H2,1-4H3/q+1/t13?,14-,17?,30?/m0/s1. The van der Waals surface area contributed by atoms with Crippen molar-refractivity contribution >= 4 is 52.5 Å². The van der Waals surface area contributed by atoms with Gasteiger partial charge in [-0.1, -0.05) is 39.5 Å². The van der Waals surface area contributed by atoms with Gasteiger partial charge >= 0.3 is 11.9 Å². The molecule has 3 aliphatic rings. The Kier molecular flexibility index (Phi) is 8.09. The Balaban J connectivity index is 1.68. The first-order valence-corrected chi connectivity index (χ1v) is 13.7. The van der Waals surface area contributed by atoms with Crippen molar-refractivity contribution in [3.63, 3.8) is 0 Å². The molecule has 4 atom stereocenters. The first kappa shape index (κ1) is 23.8. The summed E-state index contributed by atoms with van der Waals surface area (Å²) in [4.78, 5) is 39.1. The van der Waals surface area contributed by atoms with E-state index in [0.29, 0.717) is 18.6 Å². The highest BCUT2D eigenvalue weighted by Crippen LogP contribution is 2.56. The molecule has 0 saturated carbocycles. The van der Waals surface area contributed by atoms with E-state index in [9.17, 15) is 18.9 Å². The van der Waals surface area contributed by atoms with Crippen LogP contribution in [0.5, 0.6) is 0 Å². The Morgan fingerprint density at radius 3 is 2.57 bits per heavy atom. The number of rotatable bonds is 9. The number of β-lactam (4-membered cyclic amide) rings is 1. The van der Waals surface area contributed by atoms with E-state index in [2.05, 4.69) is 0 Å². The largest absolute Gasteiger partial charge is 0.428 e. The minimum absolute atomic E-state index is 0.0626. The molecule has 1 N–H and O–H groups in total. The van der Waals surface area contributed by atoms with Crippen molar-refractivity contribution in [3.8, 4) is 0 Å². The van der Waals surface area contributed by atoms with Gasteiger partial charge in [0.15, 0.2) is 11.4 Å². The summed E-state index contributed by atoms with van der Waals surface area (Å²) < 4.78 is 21.0. The van der Waals surface area contributed by atoms with Crippen LogP contribution in [-0.4, -0.2) is 56.2 Å². The number of fused-ring (bicyclic) bond motifs is 1. The Hall–Kier alpha value is -0.840. The molecular weight excluding hydrogens is 446 g/mol. The Morgan fingerprint density at radius 1 is 1.30 bits per heavy atom. The van der Waals surface area contributed by atoms with E-state index in [1.165, 1.54) is 16.7 Å². The monoisotopic (exact) mass is 476 g/mol. The van der Waals surface area contributed by atoms with E-state index in [0.717, 1.165) is 16.4 Å². The van der Waals surface area contributed by atoms with Crippen LogP contribution in [0.3, 0.4) is 0 Å². The second-order valence-corrected chi connectivity index (χ2v) is 12.4. The maximum Gasteiger partial charge on any atom is 0.359 e. The summed E-state index contributed by atoms with van der Waals surface area (Å²) in [6, 6.07) is 0. The summed E-state index contributed by atoms with van der Waals surface area (Å²) >= 11 is 2.52. The van der Waals surface area contributed by atoms with E-state index in [1.54, 1.807) is 11.8 Å². The van der Waals surface area contributed by atoms with Gasteiger partial charge in [-0.25, -0.2) is 4.79 Å². The van der Waals surface area contributed by atoms with Crippen molar-refractivity contribution in [2.45, 2.75) is 57.6 Å². The fourth-order valence-corrected chi connectivity index (χ4v) is 9.21. The molecule has 2 saturated heterocycles. The van der Waals surface area contributed by atoms with Crippen LogP contribution in [-0.2, 0) is 35.0 Å². The second-order valence-electron chi connectivity index (χ2n) is 8.01. The predicted molar refractivity (Wildman–Crippen MR) is 120 cm³/mol. The summed E-state index contributed by atoms with van der Waals surface area (Å²) in [5, 5.41) is 0.131. The number of esters is 2. The number of carbonyl (C=O) groups is 3. The van der Waals surface area contributed by atoms with E-state index in [1.807, 2.05) is 27.7 Å². The van der Waals surface area contributed by atoms with Gasteiger partial charge in [0.2, 0.25) is 12.7 Å². The number of hydrogen-bond acceptors (Lipinski definition) is 8. The normalized spacial score (nSPS) is 28.2. The molecule has 0 bridgehead atoms. The lowest BCUT2D eigenvalue weighted by atomic mass is 9.86. The van der Waals surface area contributed by atoms with Crippen molar-refractivity contribution in [3.05, 3.63) is 9.93 Å². The Morgan fingerprint density at radius 2 is 2.00 bits per heavy atom. The SMILES string of the molecule is CCC(CC)C(=O)OCOC(=O)C1=C(SC2CC[S+](O)C2)SC2[C@@H](C(C)C)C(=O)N12. The van der Waals surface area contributed by atoms with Crippen LogP contribution < -0.4 is 0 Å². The molecule has 0 aromatic carbocycles. The highest BCUT2D eigenvalue weighted by atomic mass is 32.2. The third-order valence-electron chi connectivity index (χ3n) is 5.70. The zero-order valence-corrected chi connectivity index (χ0v) is 20.2. The molecule has 1 amide bonds. The Bertz CT molecular complexity index is 723. The molecule has 3 unspecified atom stereocenters. The van der Waals surface area contributed by atoms with Gasteiger partial charge in [-0.15, -0.1) is 11.8 Å². The number of hydrogen-bond donors (Lipinski definition) is 1. The first-order valence-electron chi connectivity index (χ1n) is 10.4. The van der Waals surface area contributed by atoms with E-state index >= 15 is 0 Å². The van der Waals surface area contributed by atoms with Gasteiger partial charge in [-0.3, -0.25) is 14.5 Å². The number of ether oxygens (including phenoxy) is 2. The van der Waals surface area contributed by atoms with Gasteiger partial charge in [0.1, 0.15) is 16.9 Å². The molecular formula is C20H30NO6S3+. The van der Waals surface area contributed by atoms with Gasteiger partial charge < -0.3 is 9.47 Å². The van der Waals surface area contributed by atoms with Crippen molar-refractivity contribution in [1.29, 1.82) is 0 Å². The van der Waals surface area contributed by atoms with Crippen molar-refractivity contribution in [1.82, 2.24) is 4.90 Å². The molecule has 0 aliphatic carbocycles. The molecule has 0 aromatic heterocycles. The second kappa shape index (κ2) is 10.2. The lowest BCUT2D eigenvalue weighted by Gasteiger charge is -2.44. The van der Waals surface area contributed by atoms with Gasteiger partial charge in [0, 0.05) is 6.42 Å². The molecule has 3 aliphatic heterocycles. The molecule has 2 fully saturated rings. The highest BCUT2D eigenvalue weighted by molar-refractivity contribution is 8.23. The van der Waals surface area contributed by atoms with Crippen molar-refractivity contribution in [2.75, 3.05) is 18.3 Å². The molecule has 10 heteroatoms. The van der Waals surface area contributed by atoms with E-state index in [4.69, 9.17) is 9.47 Å². The average Bonchev–Trinajstić information content (AvgIpc) is 3.23. The average molecular weight is 477 g/mol. The van der Waals surface area contributed by atoms with Crippen molar-refractivity contribution in [2.24, 2.45) is 17.8 Å². The molecule has 3 rings (SSSR count). The molecule has 0 aromatic rings. The van der Waals surface area contributed by atoms with Crippen LogP contribution in [0.2, 0.25) is 0 Å². The lowest BCUT2D eigenvalue weighted by Crippen LogP contribution is -2.59. The van der Waals surface area contributed by atoms with E-state index in [-0.39, 0.29) is 46.0 Å². The molecule has 30 heavy (non-hydrogen) atoms. The molecule has 0 radical (unpaired) electrons. The molecule has 168 valence electrons. The quantitative estimate of drug-likeness (QED) is 0.234. The Labute approximate surface area is 189 Å². The van der Waals surface area contributed by atoms with Crippen molar-refractivity contribution < 1.29 is 28.4 Å². The minimum Gasteiger partial charge on any atom is -0.428 e. The zero-order chi connectivity index (χ0) is 22.0. The number of nitrogens with zero attached hydrogens (tertiary/aromatic N) is 1. The summed E-state index contributed by atoms with van der Waals surface area (Å²) in [5.74, 6) is 0.255. The highest BCUT2D eigenvalue weighted by Gasteiger charge is 2.57. The molecule has 3 heterocycles. The van der Waals surface area contributed by atoms with Crippen LogP contribution in [0.15, 0.2) is 9.93 Å².